The van der Waals surface area contributed by atoms with Gasteiger partial charge in [0.2, 0.25) is 0 Å². The van der Waals surface area contributed by atoms with Crippen LogP contribution in [0, 0.1) is 0 Å². The van der Waals surface area contributed by atoms with Crippen LogP contribution in [-0.4, -0.2) is 80.1 Å². The molecule has 0 saturated carbocycles. The Balaban J connectivity index is 1.97. The number of carbonyl (C=O) groups excluding carboxylic acids is 2. The van der Waals surface area contributed by atoms with E-state index >= 15 is 0 Å². The molecule has 1 aliphatic heterocycles. The molecular formula is C22H24O13S3. The van der Waals surface area contributed by atoms with Crippen molar-refractivity contribution in [1.82, 2.24) is 0 Å². The van der Waals surface area contributed by atoms with Gasteiger partial charge in [0, 0.05) is 0 Å². The van der Waals surface area contributed by atoms with E-state index in [0.29, 0.717) is 5.75 Å². The van der Waals surface area contributed by atoms with Gasteiger partial charge in [-0.25, -0.2) is 18.0 Å². The summed E-state index contributed by atoms with van der Waals surface area (Å²) in [6.45, 7) is 1.01. The summed E-state index contributed by atoms with van der Waals surface area (Å²) in [5.74, 6) is -1.45. The molecule has 0 spiro atoms. The van der Waals surface area contributed by atoms with Crippen LogP contribution in [0.4, 0.5) is 0 Å². The molecule has 5 atom stereocenters. The molecular weight excluding hydrogens is 568 g/mol. The molecule has 1 aliphatic rings. The molecule has 208 valence electrons. The van der Waals surface area contributed by atoms with Crippen molar-refractivity contribution in [2.75, 3.05) is 12.4 Å². The number of thioether (sulfide) groups is 1. The summed E-state index contributed by atoms with van der Waals surface area (Å²) in [5.41, 5.74) is -0.999. The molecule has 3 rings (SSSR count). The van der Waals surface area contributed by atoms with E-state index in [1.807, 2.05) is 0 Å². The SMILES string of the molecule is CCS[C@@H]1O[C@H](COC(=O)c2ccccc2)[C@H](OS(=O)(=O)O)[C@H](OS(=O)(=O)O)[C@H]1OC(=O)c1ccccc1. The number of ether oxygens (including phenoxy) is 3. The average Bonchev–Trinajstić information content (AvgIpc) is 2.86. The first-order chi connectivity index (χ1) is 17.9. The summed E-state index contributed by atoms with van der Waals surface area (Å²) < 4.78 is 91.4. The van der Waals surface area contributed by atoms with Gasteiger partial charge in [0.1, 0.15) is 30.4 Å². The first kappa shape index (κ1) is 30.0. The first-order valence-electron chi connectivity index (χ1n) is 10.9. The quantitative estimate of drug-likeness (QED) is 0.284. The zero-order valence-electron chi connectivity index (χ0n) is 19.7. The van der Waals surface area contributed by atoms with Crippen LogP contribution in [0.5, 0.6) is 0 Å². The number of rotatable bonds is 11. The van der Waals surface area contributed by atoms with Gasteiger partial charge in [-0.05, 0) is 30.0 Å². The standard InChI is InChI=1S/C22H24O13S3/c1-2-36-22-19(33-21(24)15-11-7-4-8-12-15)18(35-38(28,29)30)17(34-37(25,26)27)16(32-22)13-31-20(23)14-9-5-3-6-10-14/h3-12,16-19,22H,2,13H2,1H3,(H,25,26,27)(H,28,29,30)/t16-,17+,18+,19-,22+/m1/s1. The predicted molar refractivity (Wildman–Crippen MR) is 132 cm³/mol. The fourth-order valence-corrected chi connectivity index (χ4v) is 5.49. The lowest BCUT2D eigenvalue weighted by Crippen LogP contribution is -2.61. The van der Waals surface area contributed by atoms with E-state index in [2.05, 4.69) is 4.18 Å². The number of esters is 2. The highest BCUT2D eigenvalue weighted by molar-refractivity contribution is 7.99. The minimum Gasteiger partial charge on any atom is -0.459 e. The molecule has 13 nitrogen and oxygen atoms in total. The van der Waals surface area contributed by atoms with Crippen molar-refractivity contribution in [3.8, 4) is 0 Å². The topological polar surface area (TPSA) is 189 Å². The van der Waals surface area contributed by atoms with Gasteiger partial charge in [0.15, 0.2) is 6.10 Å². The zero-order valence-corrected chi connectivity index (χ0v) is 22.1. The van der Waals surface area contributed by atoms with Crippen LogP contribution in [0.15, 0.2) is 60.7 Å². The third-order valence-corrected chi connectivity index (χ3v) is 7.00. The third-order valence-electron chi connectivity index (χ3n) is 5.03. The van der Waals surface area contributed by atoms with Crippen LogP contribution in [0.25, 0.3) is 0 Å². The fourth-order valence-electron chi connectivity index (χ4n) is 3.52. The summed E-state index contributed by atoms with van der Waals surface area (Å²) >= 11 is 1.02. The second kappa shape index (κ2) is 13.0. The van der Waals surface area contributed by atoms with Gasteiger partial charge in [0.25, 0.3) is 0 Å². The van der Waals surface area contributed by atoms with Gasteiger partial charge in [0.05, 0.1) is 11.1 Å². The second-order valence-corrected chi connectivity index (χ2v) is 11.1. The Bertz CT molecular complexity index is 1300. The first-order valence-corrected chi connectivity index (χ1v) is 14.7. The van der Waals surface area contributed by atoms with Crippen LogP contribution in [0.1, 0.15) is 27.6 Å². The summed E-state index contributed by atoms with van der Waals surface area (Å²) in [6.07, 6.45) is -7.36. The summed E-state index contributed by atoms with van der Waals surface area (Å²) in [6, 6.07) is 15.3. The lowest BCUT2D eigenvalue weighted by molar-refractivity contribution is -0.192. The monoisotopic (exact) mass is 592 g/mol. The molecule has 0 aliphatic carbocycles. The van der Waals surface area contributed by atoms with E-state index in [1.54, 1.807) is 43.3 Å². The molecule has 0 amide bonds. The van der Waals surface area contributed by atoms with E-state index in [-0.39, 0.29) is 11.1 Å². The normalized spacial score (nSPS) is 23.9. The zero-order chi connectivity index (χ0) is 27.9. The Labute approximate surface area is 223 Å². The lowest BCUT2D eigenvalue weighted by atomic mass is 10.00. The molecule has 1 heterocycles. The molecule has 16 heteroatoms. The second-order valence-electron chi connectivity index (χ2n) is 7.68. The molecule has 2 aromatic carbocycles. The van der Waals surface area contributed by atoms with E-state index in [1.165, 1.54) is 24.3 Å². The molecule has 0 bridgehead atoms. The molecule has 1 fully saturated rings. The maximum absolute atomic E-state index is 12.8. The van der Waals surface area contributed by atoms with Crippen LogP contribution in [-0.2, 0) is 43.4 Å². The molecule has 0 radical (unpaired) electrons. The Kier molecular flexibility index (Phi) is 10.2. The lowest BCUT2D eigenvalue weighted by Gasteiger charge is -2.43. The minimum atomic E-state index is -5.30. The van der Waals surface area contributed by atoms with Crippen molar-refractivity contribution < 1.29 is 58.1 Å². The highest BCUT2D eigenvalue weighted by Gasteiger charge is 2.53. The van der Waals surface area contributed by atoms with Crippen molar-refractivity contribution in [2.45, 2.75) is 36.8 Å². The Hall–Kier alpha value is -2.57. The largest absolute Gasteiger partial charge is 0.459 e. The van der Waals surface area contributed by atoms with Gasteiger partial charge in [-0.3, -0.25) is 9.11 Å². The van der Waals surface area contributed by atoms with Crippen LogP contribution >= 0.6 is 11.8 Å². The maximum Gasteiger partial charge on any atom is 0.397 e. The molecule has 2 aromatic rings. The number of benzene rings is 2. The van der Waals surface area contributed by atoms with Crippen molar-refractivity contribution in [1.29, 1.82) is 0 Å². The van der Waals surface area contributed by atoms with E-state index < -0.39 is 69.2 Å². The van der Waals surface area contributed by atoms with Crippen molar-refractivity contribution in [3.63, 3.8) is 0 Å². The average molecular weight is 593 g/mol. The van der Waals surface area contributed by atoms with Gasteiger partial charge in [-0.2, -0.15) is 16.8 Å². The molecule has 0 unspecified atom stereocenters. The molecule has 38 heavy (non-hydrogen) atoms. The Morgan fingerprint density at radius 2 is 1.32 bits per heavy atom. The molecule has 1 saturated heterocycles. The van der Waals surface area contributed by atoms with E-state index in [0.717, 1.165) is 11.8 Å². The highest BCUT2D eigenvalue weighted by atomic mass is 32.3. The Morgan fingerprint density at radius 1 is 0.816 bits per heavy atom. The number of hydrogen-bond acceptors (Lipinski definition) is 12. The number of hydrogen-bond donors (Lipinski definition) is 2. The highest BCUT2D eigenvalue weighted by Crippen LogP contribution is 2.35. The molecule has 0 aromatic heterocycles. The summed E-state index contributed by atoms with van der Waals surface area (Å²) in [5, 5.41) is 0. The van der Waals surface area contributed by atoms with Gasteiger partial charge in [-0.15, -0.1) is 11.8 Å². The van der Waals surface area contributed by atoms with Crippen LogP contribution < -0.4 is 0 Å². The van der Waals surface area contributed by atoms with Gasteiger partial charge in [-0.1, -0.05) is 43.3 Å². The Morgan fingerprint density at radius 3 is 1.82 bits per heavy atom. The summed E-state index contributed by atoms with van der Waals surface area (Å²) in [7, 11) is -10.6. The van der Waals surface area contributed by atoms with E-state index in [4.69, 9.17) is 18.4 Å². The fraction of sp³-hybridized carbons (Fsp3) is 0.364. The predicted octanol–water partition coefficient (Wildman–Crippen LogP) is 1.92. The van der Waals surface area contributed by atoms with Crippen LogP contribution in [0.3, 0.4) is 0 Å². The molecule has 2 N–H and O–H groups in total. The van der Waals surface area contributed by atoms with E-state index in [9.17, 15) is 35.5 Å². The minimum absolute atomic E-state index is 0.0597. The van der Waals surface area contributed by atoms with Crippen molar-refractivity contribution >= 4 is 44.5 Å². The summed E-state index contributed by atoms with van der Waals surface area (Å²) in [4.78, 5) is 25.2. The maximum atomic E-state index is 12.8. The van der Waals surface area contributed by atoms with Crippen molar-refractivity contribution in [3.05, 3.63) is 71.8 Å². The van der Waals surface area contributed by atoms with Gasteiger partial charge >= 0.3 is 32.7 Å². The third kappa shape index (κ3) is 8.74. The number of carbonyl (C=O) groups is 2. The van der Waals surface area contributed by atoms with Crippen LogP contribution in [0.2, 0.25) is 0 Å². The smallest absolute Gasteiger partial charge is 0.397 e. The van der Waals surface area contributed by atoms with Gasteiger partial charge < -0.3 is 14.2 Å². The van der Waals surface area contributed by atoms with Crippen molar-refractivity contribution in [2.24, 2.45) is 0 Å².